The van der Waals surface area contributed by atoms with Crippen molar-refractivity contribution in [3.05, 3.63) is 29.3 Å². The summed E-state index contributed by atoms with van der Waals surface area (Å²) in [5.41, 5.74) is 2.40. The van der Waals surface area contributed by atoms with E-state index < -0.39 is 10.2 Å². The highest BCUT2D eigenvalue weighted by Crippen LogP contribution is 2.33. The smallest absolute Gasteiger partial charge is 0.281 e. The van der Waals surface area contributed by atoms with Crippen LogP contribution in [0, 0.1) is 5.92 Å². The second kappa shape index (κ2) is 8.16. The molecule has 0 bridgehead atoms. The van der Waals surface area contributed by atoms with Gasteiger partial charge in [0.25, 0.3) is 10.2 Å². The normalized spacial score (nSPS) is 21.7. The van der Waals surface area contributed by atoms with Crippen LogP contribution in [0.5, 0.6) is 5.75 Å². The Hall–Kier alpha value is -1.64. The molecule has 0 radical (unpaired) electrons. The van der Waals surface area contributed by atoms with Gasteiger partial charge in [0.15, 0.2) is 0 Å². The Bertz CT molecular complexity index is 786. The van der Waals surface area contributed by atoms with Gasteiger partial charge in [-0.2, -0.15) is 17.0 Å². The number of aryl methyl sites for hydroxylation is 1. The van der Waals surface area contributed by atoms with Crippen LogP contribution in [0.15, 0.2) is 18.2 Å². The number of rotatable bonds is 5. The molecule has 0 spiro atoms. The van der Waals surface area contributed by atoms with E-state index in [2.05, 4.69) is 11.4 Å². The van der Waals surface area contributed by atoms with Crippen molar-refractivity contribution in [2.75, 3.05) is 34.3 Å². The van der Waals surface area contributed by atoms with Crippen molar-refractivity contribution < 1.29 is 17.9 Å². The maximum absolute atomic E-state index is 12.8. The molecule has 0 unspecified atom stereocenters. The van der Waals surface area contributed by atoms with E-state index in [4.69, 9.17) is 4.74 Å². The fourth-order valence-corrected chi connectivity index (χ4v) is 5.07. The molecule has 1 N–H and O–H groups in total. The quantitative estimate of drug-likeness (QED) is 0.823. The number of nitrogens with one attached hydrogen (secondary N) is 1. The molecular weight excluding hydrogens is 366 g/mol. The van der Waals surface area contributed by atoms with Crippen LogP contribution in [-0.2, 0) is 21.4 Å². The summed E-state index contributed by atoms with van der Waals surface area (Å²) in [5.74, 6) is 0.739. The summed E-state index contributed by atoms with van der Waals surface area (Å²) < 4.78 is 32.4. The minimum Gasteiger partial charge on any atom is -0.497 e. The highest BCUT2D eigenvalue weighted by Gasteiger charge is 2.33. The van der Waals surface area contributed by atoms with E-state index in [-0.39, 0.29) is 17.9 Å². The number of hydrogen-bond acceptors (Lipinski definition) is 4. The predicted molar refractivity (Wildman–Crippen MR) is 104 cm³/mol. The lowest BCUT2D eigenvalue weighted by molar-refractivity contribution is -0.127. The van der Waals surface area contributed by atoms with Gasteiger partial charge in [0.2, 0.25) is 5.91 Å². The molecule has 1 atom stereocenters. The highest BCUT2D eigenvalue weighted by molar-refractivity contribution is 7.86. The molecule has 3 rings (SSSR count). The van der Waals surface area contributed by atoms with Crippen molar-refractivity contribution in [3.8, 4) is 5.75 Å². The molecule has 27 heavy (non-hydrogen) atoms. The van der Waals surface area contributed by atoms with Gasteiger partial charge in [0.1, 0.15) is 5.75 Å². The summed E-state index contributed by atoms with van der Waals surface area (Å²) in [6, 6.07) is 6.06. The molecule has 1 aromatic carbocycles. The average Bonchev–Trinajstić information content (AvgIpc) is 2.67. The van der Waals surface area contributed by atoms with Gasteiger partial charge in [0.05, 0.1) is 13.2 Å². The Kier molecular flexibility index (Phi) is 6.08. The first-order valence-corrected chi connectivity index (χ1v) is 10.9. The summed E-state index contributed by atoms with van der Waals surface area (Å²) >= 11 is 0. The number of carbonyl (C=O) groups excluding carboxylic acids is 1. The minimum atomic E-state index is -3.40. The van der Waals surface area contributed by atoms with E-state index in [0.29, 0.717) is 25.9 Å². The topological polar surface area (TPSA) is 79.0 Å². The monoisotopic (exact) mass is 395 g/mol. The number of nitrogens with zero attached hydrogens (tertiary/aromatic N) is 2. The standard InChI is InChI=1S/C19H29N3O4S/c1-21(2)27(24,25)22-11-9-14(10-12-22)19(23)20-18-6-4-5-15-13-16(26-3)7-8-17(15)18/h7-8,13-14,18H,4-6,9-12H2,1-3H3,(H,20,23)/t18-/m1/s1. The molecule has 1 heterocycles. The fraction of sp³-hybridized carbons (Fsp3) is 0.632. The van der Waals surface area contributed by atoms with E-state index in [9.17, 15) is 13.2 Å². The fourth-order valence-electron chi connectivity index (χ4n) is 3.94. The van der Waals surface area contributed by atoms with E-state index >= 15 is 0 Å². The Morgan fingerprint density at radius 2 is 1.93 bits per heavy atom. The highest BCUT2D eigenvalue weighted by atomic mass is 32.2. The number of piperidine rings is 1. The molecule has 0 aromatic heterocycles. The molecule has 0 saturated carbocycles. The van der Waals surface area contributed by atoms with Gasteiger partial charge in [-0.05, 0) is 55.4 Å². The molecule has 8 heteroatoms. The Morgan fingerprint density at radius 1 is 1.22 bits per heavy atom. The molecule has 7 nitrogen and oxygen atoms in total. The van der Waals surface area contributed by atoms with E-state index in [1.54, 1.807) is 7.11 Å². The van der Waals surface area contributed by atoms with Crippen molar-refractivity contribution in [1.82, 2.24) is 13.9 Å². The van der Waals surface area contributed by atoms with Crippen molar-refractivity contribution in [1.29, 1.82) is 0 Å². The zero-order chi connectivity index (χ0) is 19.6. The van der Waals surface area contributed by atoms with Crippen LogP contribution in [0.1, 0.15) is 42.9 Å². The van der Waals surface area contributed by atoms with E-state index in [1.165, 1.54) is 33.8 Å². The van der Waals surface area contributed by atoms with Gasteiger partial charge in [0, 0.05) is 33.1 Å². The average molecular weight is 396 g/mol. The lowest BCUT2D eigenvalue weighted by Crippen LogP contribution is -2.47. The van der Waals surface area contributed by atoms with Gasteiger partial charge < -0.3 is 10.1 Å². The SMILES string of the molecule is COc1ccc2c(c1)CCC[C@H]2NC(=O)C1CCN(S(=O)(=O)N(C)C)CC1. The van der Waals surface area contributed by atoms with Gasteiger partial charge in [-0.1, -0.05) is 6.07 Å². The summed E-state index contributed by atoms with van der Waals surface area (Å²) in [4.78, 5) is 12.8. The first-order chi connectivity index (χ1) is 12.8. The van der Waals surface area contributed by atoms with Gasteiger partial charge in [-0.3, -0.25) is 4.79 Å². The number of benzene rings is 1. The minimum absolute atomic E-state index is 0.0238. The lowest BCUT2D eigenvalue weighted by atomic mass is 9.86. The predicted octanol–water partition coefficient (Wildman–Crippen LogP) is 1.71. The Labute approximate surface area is 161 Å². The van der Waals surface area contributed by atoms with Crippen LogP contribution < -0.4 is 10.1 Å². The summed E-state index contributed by atoms with van der Waals surface area (Å²) in [7, 11) is 1.32. The second-order valence-electron chi connectivity index (χ2n) is 7.48. The van der Waals surface area contributed by atoms with Gasteiger partial charge >= 0.3 is 0 Å². The molecule has 1 aromatic rings. The van der Waals surface area contributed by atoms with Crippen LogP contribution >= 0.6 is 0 Å². The number of hydrogen-bond donors (Lipinski definition) is 1. The van der Waals surface area contributed by atoms with Crippen LogP contribution in [0.25, 0.3) is 0 Å². The third kappa shape index (κ3) is 4.28. The van der Waals surface area contributed by atoms with Crippen molar-refractivity contribution in [2.24, 2.45) is 5.92 Å². The third-order valence-electron chi connectivity index (χ3n) is 5.59. The van der Waals surface area contributed by atoms with Gasteiger partial charge in [-0.15, -0.1) is 0 Å². The summed E-state index contributed by atoms with van der Waals surface area (Å²) in [6.45, 7) is 0.772. The molecule has 1 fully saturated rings. The molecule has 1 saturated heterocycles. The van der Waals surface area contributed by atoms with Crippen molar-refractivity contribution in [2.45, 2.75) is 38.1 Å². The number of fused-ring (bicyclic) bond motifs is 1. The lowest BCUT2D eigenvalue weighted by Gasteiger charge is -2.33. The molecular formula is C19H29N3O4S. The molecule has 2 aliphatic rings. The number of carbonyl (C=O) groups is 1. The maximum Gasteiger partial charge on any atom is 0.281 e. The zero-order valence-corrected chi connectivity index (χ0v) is 17.1. The summed E-state index contributed by atoms with van der Waals surface area (Å²) in [6.07, 6.45) is 4.07. The molecule has 1 aliphatic heterocycles. The van der Waals surface area contributed by atoms with Crippen molar-refractivity contribution in [3.63, 3.8) is 0 Å². The first-order valence-electron chi connectivity index (χ1n) is 9.47. The first kappa shape index (κ1) is 20.1. The third-order valence-corrected chi connectivity index (χ3v) is 7.53. The van der Waals surface area contributed by atoms with Gasteiger partial charge in [-0.25, -0.2) is 0 Å². The molecule has 1 amide bonds. The van der Waals surface area contributed by atoms with E-state index in [1.807, 2.05) is 12.1 Å². The molecule has 1 aliphatic carbocycles. The van der Waals surface area contributed by atoms with Crippen LogP contribution in [0.4, 0.5) is 0 Å². The number of amides is 1. The van der Waals surface area contributed by atoms with Crippen LogP contribution in [0.2, 0.25) is 0 Å². The number of methoxy groups -OCH3 is 1. The van der Waals surface area contributed by atoms with Crippen LogP contribution in [0.3, 0.4) is 0 Å². The van der Waals surface area contributed by atoms with E-state index in [0.717, 1.165) is 25.0 Å². The maximum atomic E-state index is 12.8. The Balaban J connectivity index is 1.61. The summed E-state index contributed by atoms with van der Waals surface area (Å²) in [5, 5.41) is 3.20. The largest absolute Gasteiger partial charge is 0.497 e. The second-order valence-corrected chi connectivity index (χ2v) is 9.62. The zero-order valence-electron chi connectivity index (χ0n) is 16.3. The van der Waals surface area contributed by atoms with Crippen molar-refractivity contribution >= 4 is 16.1 Å². The van der Waals surface area contributed by atoms with Crippen LogP contribution in [-0.4, -0.2) is 57.2 Å². The molecule has 150 valence electrons. The number of ether oxygens (including phenoxy) is 1. The Morgan fingerprint density at radius 3 is 2.56 bits per heavy atom.